The van der Waals surface area contributed by atoms with Crippen LogP contribution in [0.15, 0.2) is 6.07 Å². The zero-order valence-corrected chi connectivity index (χ0v) is 18.9. The number of nitrogens with zero attached hydrogens (tertiary/aromatic N) is 2. The molecule has 2 rings (SSSR count). The summed E-state index contributed by atoms with van der Waals surface area (Å²) in [5.41, 5.74) is 5.02. The monoisotopic (exact) mass is 475 g/mol. The molecule has 0 aliphatic heterocycles. The topological polar surface area (TPSA) is 110 Å². The number of nitrogens with one attached hydrogen (secondary N) is 2. The highest BCUT2D eigenvalue weighted by molar-refractivity contribution is 7.11. The Morgan fingerprint density at radius 3 is 2.68 bits per heavy atom. The third-order valence-electron chi connectivity index (χ3n) is 4.24. The van der Waals surface area contributed by atoms with Gasteiger partial charge in [0.2, 0.25) is 5.88 Å². The number of nitrogens with two attached hydrogens (primary N) is 1. The Morgan fingerprint density at radius 1 is 1.32 bits per heavy atom. The fourth-order valence-electron chi connectivity index (χ4n) is 2.60. The molecule has 0 bridgehead atoms. The normalized spacial score (nSPS) is 10.9. The maximum absolute atomic E-state index is 14.3. The molecule has 12 heteroatoms. The molecule has 0 aliphatic rings. The van der Waals surface area contributed by atoms with Gasteiger partial charge >= 0.3 is 6.03 Å². The van der Waals surface area contributed by atoms with Crippen LogP contribution in [0.2, 0.25) is 5.02 Å². The van der Waals surface area contributed by atoms with E-state index in [0.717, 1.165) is 37.0 Å². The van der Waals surface area contributed by atoms with Crippen LogP contribution in [0.3, 0.4) is 0 Å². The molecule has 1 heterocycles. The summed E-state index contributed by atoms with van der Waals surface area (Å²) in [7, 11) is 3.93. The van der Waals surface area contributed by atoms with Crippen LogP contribution < -0.4 is 21.1 Å². The van der Waals surface area contributed by atoms with Crippen LogP contribution in [0.5, 0.6) is 5.88 Å². The van der Waals surface area contributed by atoms with Crippen LogP contribution in [0, 0.1) is 18.6 Å². The zero-order chi connectivity index (χ0) is 23.1. The number of aromatic nitrogens is 1. The summed E-state index contributed by atoms with van der Waals surface area (Å²) in [6.07, 6.45) is 1.69. The number of anilines is 1. The van der Waals surface area contributed by atoms with Gasteiger partial charge in [-0.15, -0.1) is 0 Å². The number of rotatable bonds is 10. The highest BCUT2D eigenvalue weighted by Gasteiger charge is 2.23. The number of aryl methyl sites for hydroxylation is 1. The molecule has 3 amide bonds. The summed E-state index contributed by atoms with van der Waals surface area (Å²) >= 11 is 6.58. The molecular formula is C19H24ClF2N5O3S. The molecule has 0 saturated heterocycles. The van der Waals surface area contributed by atoms with Crippen molar-refractivity contribution >= 4 is 40.1 Å². The van der Waals surface area contributed by atoms with Crippen molar-refractivity contribution < 1.29 is 23.1 Å². The number of urea groups is 1. The molecule has 8 nitrogen and oxygen atoms in total. The lowest BCUT2D eigenvalue weighted by Crippen LogP contribution is -2.30. The molecule has 0 atom stereocenters. The number of halogens is 3. The standard InChI is InChI=1S/C19H24ClF2N5O3S/c1-10-8-12(21)11(15(22)14(10)20)9-30-17-13(16(23)28)18(31-26-17)25-19(29)24-6-4-5-7-27(2)3/h8H,4-7,9H2,1-3H3,(H2,23,28)(H2,24,25,29). The van der Waals surface area contributed by atoms with Gasteiger partial charge in [0.25, 0.3) is 5.91 Å². The molecule has 4 N–H and O–H groups in total. The molecule has 0 unspecified atom stereocenters. The van der Waals surface area contributed by atoms with Crippen molar-refractivity contribution in [3.05, 3.63) is 39.4 Å². The van der Waals surface area contributed by atoms with Crippen molar-refractivity contribution in [2.24, 2.45) is 5.73 Å². The maximum Gasteiger partial charge on any atom is 0.319 e. The number of primary amides is 1. The van der Waals surface area contributed by atoms with E-state index in [0.29, 0.717) is 6.54 Å². The van der Waals surface area contributed by atoms with E-state index in [9.17, 15) is 18.4 Å². The second-order valence-corrected chi connectivity index (χ2v) is 8.17. The Balaban J connectivity index is 2.04. The first kappa shape index (κ1) is 24.8. The highest BCUT2D eigenvalue weighted by atomic mass is 35.5. The van der Waals surface area contributed by atoms with Gasteiger partial charge in [-0.05, 0) is 63.6 Å². The van der Waals surface area contributed by atoms with Gasteiger partial charge in [-0.3, -0.25) is 10.1 Å². The number of hydrogen-bond acceptors (Lipinski definition) is 6. The van der Waals surface area contributed by atoms with Gasteiger partial charge in [0.05, 0.1) is 10.6 Å². The molecule has 170 valence electrons. The van der Waals surface area contributed by atoms with Crippen LogP contribution in [-0.2, 0) is 6.61 Å². The van der Waals surface area contributed by atoms with Crippen molar-refractivity contribution in [1.29, 1.82) is 0 Å². The number of carbonyl (C=O) groups excluding carboxylic acids is 2. The van der Waals surface area contributed by atoms with Gasteiger partial charge in [0.15, 0.2) is 5.82 Å². The number of benzene rings is 1. The van der Waals surface area contributed by atoms with E-state index in [1.54, 1.807) is 0 Å². The molecule has 0 aliphatic carbocycles. The molecule has 0 radical (unpaired) electrons. The van der Waals surface area contributed by atoms with Crippen molar-refractivity contribution in [1.82, 2.24) is 14.6 Å². The largest absolute Gasteiger partial charge is 0.471 e. The van der Waals surface area contributed by atoms with E-state index in [-0.39, 0.29) is 27.0 Å². The SMILES string of the molecule is Cc1cc(F)c(COc2nsc(NC(=O)NCCCCN(C)C)c2C(N)=O)c(F)c1Cl. The first-order valence-corrected chi connectivity index (χ1v) is 10.5. The number of hydrogen-bond donors (Lipinski definition) is 3. The minimum absolute atomic E-state index is 0.0659. The van der Waals surface area contributed by atoms with Gasteiger partial charge < -0.3 is 20.7 Å². The number of amides is 3. The molecule has 1 aromatic heterocycles. The first-order valence-electron chi connectivity index (χ1n) is 9.36. The van der Waals surface area contributed by atoms with Crippen LogP contribution in [0.4, 0.5) is 18.6 Å². The van der Waals surface area contributed by atoms with Gasteiger partial charge in [-0.1, -0.05) is 11.6 Å². The van der Waals surface area contributed by atoms with Crippen LogP contribution in [0.25, 0.3) is 0 Å². The van der Waals surface area contributed by atoms with Crippen molar-refractivity contribution in [2.75, 3.05) is 32.5 Å². The maximum atomic E-state index is 14.3. The van der Waals surface area contributed by atoms with E-state index in [2.05, 4.69) is 15.0 Å². The minimum atomic E-state index is -0.956. The number of carbonyl (C=O) groups is 2. The Kier molecular flexibility index (Phi) is 8.96. The predicted octanol–water partition coefficient (Wildman–Crippen LogP) is 3.52. The van der Waals surface area contributed by atoms with Gasteiger partial charge in [-0.2, -0.15) is 4.37 Å². The fraction of sp³-hybridized carbons (Fsp3) is 0.421. The van der Waals surface area contributed by atoms with E-state index in [1.165, 1.54) is 6.92 Å². The average molecular weight is 476 g/mol. The van der Waals surface area contributed by atoms with Gasteiger partial charge in [0, 0.05) is 6.54 Å². The zero-order valence-electron chi connectivity index (χ0n) is 17.4. The molecular weight excluding hydrogens is 452 g/mol. The van der Waals surface area contributed by atoms with Crippen LogP contribution in [0.1, 0.15) is 34.3 Å². The van der Waals surface area contributed by atoms with Crippen molar-refractivity contribution in [3.8, 4) is 5.88 Å². The second kappa shape index (κ2) is 11.2. The lowest BCUT2D eigenvalue weighted by molar-refractivity contribution is 0.0996. The third-order valence-corrected chi connectivity index (χ3v) is 5.45. The summed E-state index contributed by atoms with van der Waals surface area (Å²) in [4.78, 5) is 26.0. The van der Waals surface area contributed by atoms with E-state index in [1.807, 2.05) is 19.0 Å². The van der Waals surface area contributed by atoms with E-state index in [4.69, 9.17) is 22.1 Å². The van der Waals surface area contributed by atoms with Crippen LogP contribution >= 0.6 is 23.1 Å². The fourth-order valence-corrected chi connectivity index (χ4v) is 3.51. The van der Waals surface area contributed by atoms with E-state index < -0.39 is 35.7 Å². The molecule has 2 aromatic rings. The first-order chi connectivity index (χ1) is 14.6. The summed E-state index contributed by atoms with van der Waals surface area (Å²) in [6, 6.07) is 0.542. The molecule has 31 heavy (non-hydrogen) atoms. The summed E-state index contributed by atoms with van der Waals surface area (Å²) in [5, 5.41) is 5.00. The highest BCUT2D eigenvalue weighted by Crippen LogP contribution is 2.32. The summed E-state index contributed by atoms with van der Waals surface area (Å²) < 4.78 is 37.6. The number of ether oxygens (including phenoxy) is 1. The van der Waals surface area contributed by atoms with Gasteiger partial charge in [-0.25, -0.2) is 13.6 Å². The molecule has 1 aromatic carbocycles. The van der Waals surface area contributed by atoms with E-state index >= 15 is 0 Å². The Bertz CT molecular complexity index is 955. The average Bonchev–Trinajstić information content (AvgIpc) is 3.08. The van der Waals surface area contributed by atoms with Crippen molar-refractivity contribution in [2.45, 2.75) is 26.4 Å². The summed E-state index contributed by atoms with van der Waals surface area (Å²) in [5.74, 6) is -2.95. The van der Waals surface area contributed by atoms with Gasteiger partial charge in [0.1, 0.15) is 23.0 Å². The van der Waals surface area contributed by atoms with Crippen LogP contribution in [-0.4, -0.2) is 48.4 Å². The quantitative estimate of drug-likeness (QED) is 0.360. The Hall–Kier alpha value is -2.50. The third kappa shape index (κ3) is 6.74. The summed E-state index contributed by atoms with van der Waals surface area (Å²) in [6.45, 7) is 2.24. The minimum Gasteiger partial charge on any atom is -0.471 e. The smallest absolute Gasteiger partial charge is 0.319 e. The lowest BCUT2D eigenvalue weighted by atomic mass is 10.1. The Labute approximate surface area is 187 Å². The molecule has 0 saturated carbocycles. The second-order valence-electron chi connectivity index (χ2n) is 7.02. The van der Waals surface area contributed by atoms with Crippen molar-refractivity contribution in [3.63, 3.8) is 0 Å². The number of unbranched alkanes of at least 4 members (excludes halogenated alkanes) is 1. The lowest BCUT2D eigenvalue weighted by Gasteiger charge is -2.11. The Morgan fingerprint density at radius 2 is 2.03 bits per heavy atom. The molecule has 0 fully saturated rings. The molecule has 0 spiro atoms. The predicted molar refractivity (Wildman–Crippen MR) is 116 cm³/mol.